The molecule has 0 fully saturated rings. The molecule has 0 amide bonds. The van der Waals surface area contributed by atoms with Gasteiger partial charge in [0.25, 0.3) is 0 Å². The van der Waals surface area contributed by atoms with Crippen LogP contribution in [0.5, 0.6) is 0 Å². The molecule has 0 spiro atoms. The van der Waals surface area contributed by atoms with Crippen molar-refractivity contribution in [3.63, 3.8) is 0 Å². The average molecular weight is 173 g/mol. The summed E-state index contributed by atoms with van der Waals surface area (Å²) in [6.45, 7) is 6.23. The van der Waals surface area contributed by atoms with E-state index in [0.29, 0.717) is 12.1 Å². The second-order valence-corrected chi connectivity index (χ2v) is 3.03. The van der Waals surface area contributed by atoms with Crippen molar-refractivity contribution in [2.24, 2.45) is 5.73 Å². The molecule has 11 heavy (non-hydrogen) atoms. The predicted octanol–water partition coefficient (Wildman–Crippen LogP) is 1.59. The molecule has 0 aliphatic carbocycles. The van der Waals surface area contributed by atoms with Gasteiger partial charge in [0, 0.05) is 6.04 Å². The Morgan fingerprint density at radius 3 is 2.91 bits per heavy atom. The highest BCUT2D eigenvalue weighted by Gasteiger charge is 1.94. The van der Waals surface area contributed by atoms with Crippen molar-refractivity contribution in [1.29, 1.82) is 0 Å². The molecule has 0 aromatic carbocycles. The number of ether oxygens (including phenoxy) is 1. The highest BCUT2D eigenvalue weighted by molar-refractivity contribution is 7.21. The van der Waals surface area contributed by atoms with E-state index in [0.717, 1.165) is 12.8 Å². The van der Waals surface area contributed by atoms with Crippen molar-refractivity contribution in [2.75, 3.05) is 6.61 Å². The van der Waals surface area contributed by atoms with E-state index in [1.165, 1.54) is 0 Å². The number of nitrogens with two attached hydrogens (primary N) is 1. The SMILES string of the molecule is C=CC(=P)OCCCC(C)N. The molecule has 2 nitrogen and oxygen atoms in total. The molecule has 0 radical (unpaired) electrons. The lowest BCUT2D eigenvalue weighted by Gasteiger charge is -2.04. The van der Waals surface area contributed by atoms with Gasteiger partial charge in [-0.15, -0.1) is 0 Å². The molecule has 0 rings (SSSR count). The van der Waals surface area contributed by atoms with Crippen LogP contribution in [0.2, 0.25) is 0 Å². The Labute approximate surface area is 70.6 Å². The average Bonchev–Trinajstić information content (AvgIpc) is 1.97. The maximum atomic E-state index is 5.55. The van der Waals surface area contributed by atoms with Crippen LogP contribution < -0.4 is 5.73 Å². The zero-order valence-corrected chi connectivity index (χ0v) is 7.97. The number of hydrogen-bond donors (Lipinski definition) is 1. The van der Waals surface area contributed by atoms with Crippen LogP contribution in [0.1, 0.15) is 19.8 Å². The van der Waals surface area contributed by atoms with Crippen LogP contribution >= 0.6 is 8.86 Å². The first-order valence-corrected chi connectivity index (χ1v) is 4.26. The van der Waals surface area contributed by atoms with Gasteiger partial charge in [0.1, 0.15) is 0 Å². The van der Waals surface area contributed by atoms with Crippen molar-refractivity contribution >= 4 is 14.3 Å². The summed E-state index contributed by atoms with van der Waals surface area (Å²) in [7, 11) is 3.24. The maximum Gasteiger partial charge on any atom is 0.0933 e. The molecule has 0 aliphatic rings. The van der Waals surface area contributed by atoms with Gasteiger partial charge in [0.15, 0.2) is 0 Å². The lowest BCUT2D eigenvalue weighted by atomic mass is 10.2. The first kappa shape index (κ1) is 10.8. The Kier molecular flexibility index (Phi) is 6.43. The summed E-state index contributed by atoms with van der Waals surface area (Å²) in [6.07, 6.45) is 3.61. The molecule has 2 N–H and O–H groups in total. The number of hydrogen-bond acceptors (Lipinski definition) is 2. The summed E-state index contributed by atoms with van der Waals surface area (Å²) in [5, 5.41) is 0. The van der Waals surface area contributed by atoms with E-state index in [1.807, 2.05) is 6.92 Å². The van der Waals surface area contributed by atoms with Gasteiger partial charge >= 0.3 is 0 Å². The molecular weight excluding hydrogens is 157 g/mol. The van der Waals surface area contributed by atoms with Gasteiger partial charge < -0.3 is 10.5 Å². The Morgan fingerprint density at radius 2 is 2.45 bits per heavy atom. The van der Waals surface area contributed by atoms with E-state index < -0.39 is 0 Å². The van der Waals surface area contributed by atoms with Gasteiger partial charge in [-0.05, 0) is 25.8 Å². The zero-order chi connectivity index (χ0) is 8.69. The summed E-state index contributed by atoms with van der Waals surface area (Å²) in [4.78, 5) is 0. The van der Waals surface area contributed by atoms with Crippen LogP contribution in [0.25, 0.3) is 0 Å². The van der Waals surface area contributed by atoms with Crippen LogP contribution in [0, 0.1) is 0 Å². The molecule has 0 aromatic rings. The van der Waals surface area contributed by atoms with E-state index in [1.54, 1.807) is 6.08 Å². The lowest BCUT2D eigenvalue weighted by Crippen LogP contribution is -2.15. The van der Waals surface area contributed by atoms with Crippen molar-refractivity contribution in [3.8, 4) is 0 Å². The Balaban J connectivity index is 3.14. The van der Waals surface area contributed by atoms with Gasteiger partial charge in [-0.25, -0.2) is 0 Å². The Bertz CT molecular complexity index is 134. The third-order valence-electron chi connectivity index (χ3n) is 1.25. The molecule has 3 heteroatoms. The Hall–Kier alpha value is -0.170. The molecule has 0 aromatic heterocycles. The third-order valence-corrected chi connectivity index (χ3v) is 1.60. The highest BCUT2D eigenvalue weighted by atomic mass is 31.0. The summed E-state index contributed by atoms with van der Waals surface area (Å²) >= 11 is 0. The molecule has 64 valence electrons. The second kappa shape index (κ2) is 6.53. The van der Waals surface area contributed by atoms with Crippen molar-refractivity contribution < 1.29 is 4.74 Å². The zero-order valence-electron chi connectivity index (χ0n) is 6.97. The van der Waals surface area contributed by atoms with E-state index in [4.69, 9.17) is 10.5 Å². The first-order chi connectivity index (χ1) is 5.16. The molecule has 1 atom stereocenters. The van der Waals surface area contributed by atoms with Crippen LogP contribution in [-0.2, 0) is 4.74 Å². The van der Waals surface area contributed by atoms with E-state index in [2.05, 4.69) is 15.4 Å². The lowest BCUT2D eigenvalue weighted by molar-refractivity contribution is 0.300. The minimum atomic E-state index is 0.264. The van der Waals surface area contributed by atoms with E-state index in [9.17, 15) is 0 Å². The number of rotatable bonds is 6. The first-order valence-electron chi connectivity index (χ1n) is 3.76. The highest BCUT2D eigenvalue weighted by Crippen LogP contribution is 1.95. The fraction of sp³-hybridized carbons (Fsp3) is 0.625. The van der Waals surface area contributed by atoms with Crippen molar-refractivity contribution in [2.45, 2.75) is 25.8 Å². The van der Waals surface area contributed by atoms with Crippen LogP contribution in [0.4, 0.5) is 0 Å². The standard InChI is InChI=1S/C8H16NOP/c1-3-8(11)10-6-4-5-7(2)9/h3,7,11H,1,4-6,9H2,2H3. The monoisotopic (exact) mass is 173 g/mol. The van der Waals surface area contributed by atoms with Gasteiger partial charge in [-0.2, -0.15) is 0 Å². The van der Waals surface area contributed by atoms with Crippen LogP contribution in [0.15, 0.2) is 12.7 Å². The molecule has 0 aliphatic heterocycles. The molecule has 0 saturated carbocycles. The molecule has 1 unspecified atom stereocenters. The quantitative estimate of drug-likeness (QED) is 0.489. The fourth-order valence-corrected chi connectivity index (χ4v) is 0.748. The molecule has 0 saturated heterocycles. The maximum absolute atomic E-state index is 5.55. The van der Waals surface area contributed by atoms with E-state index >= 15 is 0 Å². The Morgan fingerprint density at radius 1 is 1.82 bits per heavy atom. The third kappa shape index (κ3) is 7.73. The van der Waals surface area contributed by atoms with E-state index in [-0.39, 0.29) is 6.04 Å². The summed E-state index contributed by atoms with van der Waals surface area (Å²) < 4.78 is 5.20. The largest absolute Gasteiger partial charge is 0.342 e. The van der Waals surface area contributed by atoms with Gasteiger partial charge in [-0.3, -0.25) is 0 Å². The normalized spacial score (nSPS) is 12.5. The summed E-state index contributed by atoms with van der Waals surface area (Å²) in [5.41, 5.74) is 6.24. The van der Waals surface area contributed by atoms with Gasteiger partial charge in [0.2, 0.25) is 0 Å². The van der Waals surface area contributed by atoms with Crippen LogP contribution in [0.3, 0.4) is 0 Å². The summed E-state index contributed by atoms with van der Waals surface area (Å²) in [5.74, 6) is 0. The van der Waals surface area contributed by atoms with Gasteiger partial charge in [0.05, 0.1) is 12.1 Å². The fourth-order valence-electron chi connectivity index (χ4n) is 0.646. The second-order valence-electron chi connectivity index (χ2n) is 2.54. The molecule has 0 bridgehead atoms. The van der Waals surface area contributed by atoms with Crippen LogP contribution in [-0.4, -0.2) is 18.1 Å². The summed E-state index contributed by atoms with van der Waals surface area (Å²) in [6, 6.07) is 0.264. The molecule has 0 heterocycles. The van der Waals surface area contributed by atoms with Gasteiger partial charge in [-0.1, -0.05) is 15.4 Å². The minimum absolute atomic E-state index is 0.264. The predicted molar refractivity (Wildman–Crippen MR) is 52.4 cm³/mol. The van der Waals surface area contributed by atoms with Crippen molar-refractivity contribution in [1.82, 2.24) is 0 Å². The smallest absolute Gasteiger partial charge is 0.0933 e. The topological polar surface area (TPSA) is 35.2 Å². The van der Waals surface area contributed by atoms with Crippen molar-refractivity contribution in [3.05, 3.63) is 12.7 Å². The minimum Gasteiger partial charge on any atom is -0.342 e. The molecular formula is C8H16NOP.